The van der Waals surface area contributed by atoms with Gasteiger partial charge in [-0.15, -0.1) is 11.8 Å². The van der Waals surface area contributed by atoms with Crippen LogP contribution in [-0.2, 0) is 4.79 Å². The Hall–Kier alpha value is -2.92. The highest BCUT2D eigenvalue weighted by Crippen LogP contribution is 2.26. The zero-order valence-corrected chi connectivity index (χ0v) is 15.2. The Kier molecular flexibility index (Phi) is 5.81. The van der Waals surface area contributed by atoms with Crippen LogP contribution in [0, 0.1) is 0 Å². The molecule has 0 aromatic heterocycles. The number of amides is 1. The number of hydrogen-bond acceptors (Lipinski definition) is 4. The van der Waals surface area contributed by atoms with E-state index in [4.69, 9.17) is 10.5 Å². The molecule has 0 bridgehead atoms. The number of carbonyl (C=O) groups excluding carboxylic acids is 1. The first-order valence-electron chi connectivity index (χ1n) is 8.26. The number of ether oxygens (including phenoxy) is 1. The minimum absolute atomic E-state index is 0.0523. The van der Waals surface area contributed by atoms with Gasteiger partial charge in [0.1, 0.15) is 11.5 Å². The van der Waals surface area contributed by atoms with Gasteiger partial charge in [0.05, 0.1) is 5.25 Å². The van der Waals surface area contributed by atoms with E-state index in [9.17, 15) is 4.79 Å². The molecule has 3 aromatic rings. The van der Waals surface area contributed by atoms with Crippen molar-refractivity contribution in [3.63, 3.8) is 0 Å². The van der Waals surface area contributed by atoms with Gasteiger partial charge in [-0.3, -0.25) is 4.79 Å². The van der Waals surface area contributed by atoms with Crippen molar-refractivity contribution >= 4 is 29.0 Å². The van der Waals surface area contributed by atoms with Crippen LogP contribution in [0.1, 0.15) is 6.92 Å². The lowest BCUT2D eigenvalue weighted by Gasteiger charge is -2.13. The number of para-hydroxylation sites is 1. The third-order valence-electron chi connectivity index (χ3n) is 3.66. The fraction of sp³-hybridized carbons (Fsp3) is 0.0952. The van der Waals surface area contributed by atoms with Gasteiger partial charge in [0.15, 0.2) is 0 Å². The quantitative estimate of drug-likeness (QED) is 0.467. The highest BCUT2D eigenvalue weighted by molar-refractivity contribution is 8.00. The molecule has 0 radical (unpaired) electrons. The molecule has 1 unspecified atom stereocenters. The molecule has 132 valence electrons. The van der Waals surface area contributed by atoms with Crippen molar-refractivity contribution in [3.8, 4) is 11.5 Å². The summed E-state index contributed by atoms with van der Waals surface area (Å²) in [5, 5.41) is 2.70. The van der Waals surface area contributed by atoms with Crippen LogP contribution in [0.5, 0.6) is 11.5 Å². The van der Waals surface area contributed by atoms with E-state index in [-0.39, 0.29) is 11.2 Å². The number of carbonyl (C=O) groups is 1. The van der Waals surface area contributed by atoms with Crippen LogP contribution in [0.3, 0.4) is 0 Å². The number of nitrogens with two attached hydrogens (primary N) is 1. The SMILES string of the molecule is CC(Sc1ccc(N)cc1)C(=O)Nc1ccc(Oc2ccccc2)cc1. The summed E-state index contributed by atoms with van der Waals surface area (Å²) in [6.07, 6.45) is 0. The van der Waals surface area contributed by atoms with Gasteiger partial charge in [0.2, 0.25) is 5.91 Å². The van der Waals surface area contributed by atoms with E-state index < -0.39 is 0 Å². The Morgan fingerprint density at radius 2 is 1.54 bits per heavy atom. The summed E-state index contributed by atoms with van der Waals surface area (Å²) in [6, 6.07) is 24.4. The van der Waals surface area contributed by atoms with E-state index >= 15 is 0 Å². The van der Waals surface area contributed by atoms with Gasteiger partial charge >= 0.3 is 0 Å². The molecule has 0 heterocycles. The highest BCUT2D eigenvalue weighted by atomic mass is 32.2. The number of rotatable bonds is 6. The van der Waals surface area contributed by atoms with Gasteiger partial charge in [-0.25, -0.2) is 0 Å². The summed E-state index contributed by atoms with van der Waals surface area (Å²) in [7, 11) is 0. The Balaban J connectivity index is 1.56. The molecule has 0 saturated carbocycles. The summed E-state index contributed by atoms with van der Waals surface area (Å²) in [5.41, 5.74) is 7.13. The lowest BCUT2D eigenvalue weighted by molar-refractivity contribution is -0.115. The molecule has 4 nitrogen and oxygen atoms in total. The number of nitrogens with one attached hydrogen (secondary N) is 1. The second-order valence-corrected chi connectivity index (χ2v) is 7.17. The zero-order valence-electron chi connectivity index (χ0n) is 14.4. The van der Waals surface area contributed by atoms with E-state index in [2.05, 4.69) is 5.32 Å². The maximum absolute atomic E-state index is 12.4. The van der Waals surface area contributed by atoms with Gasteiger partial charge in [-0.1, -0.05) is 18.2 Å². The van der Waals surface area contributed by atoms with Crippen LogP contribution in [0.25, 0.3) is 0 Å². The molecule has 26 heavy (non-hydrogen) atoms. The smallest absolute Gasteiger partial charge is 0.237 e. The van der Waals surface area contributed by atoms with Crippen LogP contribution in [0.4, 0.5) is 11.4 Å². The maximum atomic E-state index is 12.4. The predicted molar refractivity (Wildman–Crippen MR) is 108 cm³/mol. The third-order valence-corrected chi connectivity index (χ3v) is 4.77. The molecule has 0 aliphatic carbocycles. The topological polar surface area (TPSA) is 64.4 Å². The summed E-state index contributed by atoms with van der Waals surface area (Å²) in [5.74, 6) is 1.44. The number of nitrogen functional groups attached to an aromatic ring is 1. The molecule has 0 aliphatic rings. The number of anilines is 2. The molecule has 1 atom stereocenters. The van der Waals surface area contributed by atoms with Gasteiger partial charge in [0, 0.05) is 16.3 Å². The van der Waals surface area contributed by atoms with Gasteiger partial charge in [-0.05, 0) is 67.6 Å². The number of benzene rings is 3. The monoisotopic (exact) mass is 364 g/mol. The Labute approximate surface area is 157 Å². The van der Waals surface area contributed by atoms with Gasteiger partial charge < -0.3 is 15.8 Å². The van der Waals surface area contributed by atoms with Gasteiger partial charge in [0.25, 0.3) is 0 Å². The molecule has 1 amide bonds. The normalized spacial score (nSPS) is 11.6. The zero-order chi connectivity index (χ0) is 18.4. The summed E-state index contributed by atoms with van der Waals surface area (Å²) < 4.78 is 5.75. The first kappa shape index (κ1) is 17.9. The predicted octanol–water partition coefficient (Wildman–Crippen LogP) is 5.18. The van der Waals surface area contributed by atoms with Crippen LogP contribution >= 0.6 is 11.8 Å². The second-order valence-electron chi connectivity index (χ2n) is 5.76. The summed E-state index contributed by atoms with van der Waals surface area (Å²) >= 11 is 1.49. The van der Waals surface area contributed by atoms with E-state index in [1.54, 1.807) is 0 Å². The minimum Gasteiger partial charge on any atom is -0.457 e. The van der Waals surface area contributed by atoms with Gasteiger partial charge in [-0.2, -0.15) is 0 Å². The molecular weight excluding hydrogens is 344 g/mol. The first-order valence-corrected chi connectivity index (χ1v) is 9.14. The van der Waals surface area contributed by atoms with E-state index in [0.717, 1.165) is 22.1 Å². The molecule has 3 rings (SSSR count). The number of thioether (sulfide) groups is 1. The van der Waals surface area contributed by atoms with Crippen molar-refractivity contribution in [2.75, 3.05) is 11.1 Å². The van der Waals surface area contributed by atoms with Crippen molar-refractivity contribution in [2.24, 2.45) is 0 Å². The average Bonchev–Trinajstić information content (AvgIpc) is 2.66. The Morgan fingerprint density at radius 3 is 2.19 bits per heavy atom. The fourth-order valence-corrected chi connectivity index (χ4v) is 3.15. The lowest BCUT2D eigenvalue weighted by atomic mass is 10.3. The van der Waals surface area contributed by atoms with Crippen LogP contribution < -0.4 is 15.8 Å². The standard InChI is InChI=1S/C21H20N2O2S/c1-15(26-20-13-7-16(22)8-14-20)21(24)23-17-9-11-19(12-10-17)25-18-5-3-2-4-6-18/h2-15H,22H2,1H3,(H,23,24). The van der Waals surface area contributed by atoms with Crippen molar-refractivity contribution in [1.29, 1.82) is 0 Å². The van der Waals surface area contributed by atoms with Crippen LogP contribution in [-0.4, -0.2) is 11.2 Å². The van der Waals surface area contributed by atoms with Crippen molar-refractivity contribution < 1.29 is 9.53 Å². The number of hydrogen-bond donors (Lipinski definition) is 2. The molecule has 3 N–H and O–H groups in total. The van der Waals surface area contributed by atoms with Crippen molar-refractivity contribution in [1.82, 2.24) is 0 Å². The second kappa shape index (κ2) is 8.45. The average molecular weight is 364 g/mol. The molecular formula is C21H20N2O2S. The maximum Gasteiger partial charge on any atom is 0.237 e. The minimum atomic E-state index is -0.223. The Bertz CT molecular complexity index is 849. The van der Waals surface area contributed by atoms with Crippen molar-refractivity contribution in [2.45, 2.75) is 17.1 Å². The summed E-state index contributed by atoms with van der Waals surface area (Å²) in [6.45, 7) is 1.88. The molecule has 0 fully saturated rings. The lowest BCUT2D eigenvalue weighted by Crippen LogP contribution is -2.22. The van der Waals surface area contributed by atoms with Crippen LogP contribution in [0.15, 0.2) is 83.8 Å². The van der Waals surface area contributed by atoms with E-state index in [1.165, 1.54) is 11.8 Å². The highest BCUT2D eigenvalue weighted by Gasteiger charge is 2.14. The largest absolute Gasteiger partial charge is 0.457 e. The third kappa shape index (κ3) is 5.04. The summed E-state index contributed by atoms with van der Waals surface area (Å²) in [4.78, 5) is 13.4. The van der Waals surface area contributed by atoms with Crippen molar-refractivity contribution in [3.05, 3.63) is 78.9 Å². The molecule has 0 spiro atoms. The Morgan fingerprint density at radius 1 is 0.923 bits per heavy atom. The fourth-order valence-electron chi connectivity index (χ4n) is 2.28. The molecule has 0 saturated heterocycles. The molecule has 3 aromatic carbocycles. The van der Waals surface area contributed by atoms with E-state index in [1.807, 2.05) is 85.8 Å². The molecule has 5 heteroatoms. The van der Waals surface area contributed by atoms with Crippen LogP contribution in [0.2, 0.25) is 0 Å². The molecule has 0 aliphatic heterocycles. The van der Waals surface area contributed by atoms with E-state index in [0.29, 0.717) is 5.69 Å². The first-order chi connectivity index (χ1) is 12.6.